The first-order chi connectivity index (χ1) is 13.9. The lowest BCUT2D eigenvalue weighted by molar-refractivity contribution is -0.124. The number of aliphatic hydroxyl groups excluding tert-OH is 1. The molecule has 146 valence electrons. The molecule has 0 saturated heterocycles. The highest BCUT2D eigenvalue weighted by molar-refractivity contribution is 6.01. The van der Waals surface area contributed by atoms with Crippen molar-refractivity contribution in [1.82, 2.24) is 14.5 Å². The van der Waals surface area contributed by atoms with Gasteiger partial charge < -0.3 is 20.7 Å². The van der Waals surface area contributed by atoms with Crippen LogP contribution in [0, 0.1) is 5.82 Å². The lowest BCUT2D eigenvalue weighted by Gasteiger charge is -2.12. The molecule has 2 aromatic carbocycles. The Morgan fingerprint density at radius 1 is 1.21 bits per heavy atom. The third kappa shape index (κ3) is 3.53. The molecule has 0 aliphatic heterocycles. The second kappa shape index (κ2) is 7.33. The number of aryl methyl sites for hydroxylation is 1. The van der Waals surface area contributed by atoms with Gasteiger partial charge in [0.15, 0.2) is 6.10 Å². The van der Waals surface area contributed by atoms with Gasteiger partial charge in [0.25, 0.3) is 5.91 Å². The SMILES string of the molecule is Cn1cc(-c2ccc(NC(=O)[C@@H](O)c3cccc(F)c3)cc2)c2c(N)ncnc21. The number of carbonyl (C=O) groups excluding carboxylic acids is 1. The number of amides is 1. The smallest absolute Gasteiger partial charge is 0.257 e. The maximum atomic E-state index is 13.3. The molecule has 0 spiro atoms. The third-order valence-electron chi connectivity index (χ3n) is 4.66. The van der Waals surface area contributed by atoms with Gasteiger partial charge in [0, 0.05) is 24.5 Å². The van der Waals surface area contributed by atoms with Crippen molar-refractivity contribution in [2.24, 2.45) is 7.05 Å². The molecule has 2 aromatic heterocycles. The Bertz CT molecular complexity index is 1200. The number of carbonyl (C=O) groups is 1. The van der Waals surface area contributed by atoms with Crippen LogP contribution in [-0.4, -0.2) is 25.5 Å². The first-order valence-electron chi connectivity index (χ1n) is 8.84. The molecule has 1 atom stereocenters. The van der Waals surface area contributed by atoms with Crippen molar-refractivity contribution in [3.05, 3.63) is 72.4 Å². The molecule has 8 heteroatoms. The second-order valence-corrected chi connectivity index (χ2v) is 6.64. The zero-order valence-corrected chi connectivity index (χ0v) is 15.5. The van der Waals surface area contributed by atoms with Crippen LogP contribution < -0.4 is 11.1 Å². The summed E-state index contributed by atoms with van der Waals surface area (Å²) in [6, 6.07) is 12.4. The van der Waals surface area contributed by atoms with E-state index in [0.717, 1.165) is 28.2 Å². The van der Waals surface area contributed by atoms with Gasteiger partial charge >= 0.3 is 0 Å². The van der Waals surface area contributed by atoms with E-state index in [0.29, 0.717) is 11.5 Å². The molecule has 1 amide bonds. The fraction of sp³-hybridized carbons (Fsp3) is 0.0952. The average molecular weight is 391 g/mol. The second-order valence-electron chi connectivity index (χ2n) is 6.64. The maximum Gasteiger partial charge on any atom is 0.257 e. The minimum atomic E-state index is -1.47. The minimum Gasteiger partial charge on any atom is -0.383 e. The minimum absolute atomic E-state index is 0.186. The number of hydrogen-bond donors (Lipinski definition) is 3. The number of halogens is 1. The topological polar surface area (TPSA) is 106 Å². The lowest BCUT2D eigenvalue weighted by Crippen LogP contribution is -2.20. The largest absolute Gasteiger partial charge is 0.383 e. The Labute approximate surface area is 165 Å². The van der Waals surface area contributed by atoms with E-state index in [4.69, 9.17) is 5.73 Å². The van der Waals surface area contributed by atoms with Crippen molar-refractivity contribution >= 4 is 28.4 Å². The number of nitrogen functional groups attached to an aromatic ring is 1. The zero-order valence-electron chi connectivity index (χ0n) is 15.5. The normalized spacial score (nSPS) is 12.1. The average Bonchev–Trinajstić information content (AvgIpc) is 3.06. The molecule has 0 unspecified atom stereocenters. The summed E-state index contributed by atoms with van der Waals surface area (Å²) in [4.78, 5) is 20.6. The fourth-order valence-corrected chi connectivity index (χ4v) is 3.23. The zero-order chi connectivity index (χ0) is 20.5. The first kappa shape index (κ1) is 18.6. The molecule has 0 aliphatic carbocycles. The van der Waals surface area contributed by atoms with Crippen LogP contribution in [0.15, 0.2) is 61.1 Å². The van der Waals surface area contributed by atoms with Crippen LogP contribution in [0.2, 0.25) is 0 Å². The summed E-state index contributed by atoms with van der Waals surface area (Å²) in [5.74, 6) is -0.774. The molecule has 4 rings (SSSR count). The highest BCUT2D eigenvalue weighted by Crippen LogP contribution is 2.32. The summed E-state index contributed by atoms with van der Waals surface area (Å²) in [5, 5.41) is 13.5. The summed E-state index contributed by atoms with van der Waals surface area (Å²) in [7, 11) is 1.88. The van der Waals surface area contributed by atoms with Crippen LogP contribution in [0.1, 0.15) is 11.7 Å². The summed E-state index contributed by atoms with van der Waals surface area (Å²) in [6.45, 7) is 0. The molecule has 29 heavy (non-hydrogen) atoms. The molecule has 4 aromatic rings. The van der Waals surface area contributed by atoms with Gasteiger partial charge in [0.1, 0.15) is 23.6 Å². The highest BCUT2D eigenvalue weighted by atomic mass is 19.1. The van der Waals surface area contributed by atoms with Crippen molar-refractivity contribution < 1.29 is 14.3 Å². The molecule has 0 saturated carbocycles. The van der Waals surface area contributed by atoms with Gasteiger partial charge in [-0.1, -0.05) is 24.3 Å². The number of fused-ring (bicyclic) bond motifs is 1. The number of benzene rings is 2. The first-order valence-corrected chi connectivity index (χ1v) is 8.84. The molecule has 0 bridgehead atoms. The Morgan fingerprint density at radius 3 is 2.69 bits per heavy atom. The monoisotopic (exact) mass is 391 g/mol. The number of rotatable bonds is 4. The van der Waals surface area contributed by atoms with Gasteiger partial charge in [-0.05, 0) is 35.4 Å². The molecular weight excluding hydrogens is 373 g/mol. The predicted molar refractivity (Wildman–Crippen MR) is 108 cm³/mol. The maximum absolute atomic E-state index is 13.3. The van der Waals surface area contributed by atoms with Crippen molar-refractivity contribution in [2.45, 2.75) is 6.10 Å². The Balaban J connectivity index is 1.57. The number of aliphatic hydroxyl groups is 1. The number of aromatic nitrogens is 3. The van der Waals surface area contributed by atoms with E-state index in [2.05, 4.69) is 15.3 Å². The summed E-state index contributed by atoms with van der Waals surface area (Å²) >= 11 is 0. The number of nitrogens with zero attached hydrogens (tertiary/aromatic N) is 3. The molecule has 4 N–H and O–H groups in total. The summed E-state index contributed by atoms with van der Waals surface area (Å²) < 4.78 is 15.2. The molecule has 0 radical (unpaired) electrons. The van der Waals surface area contributed by atoms with E-state index in [1.165, 1.54) is 24.5 Å². The Hall–Kier alpha value is -3.78. The van der Waals surface area contributed by atoms with Gasteiger partial charge in [0.2, 0.25) is 0 Å². The van der Waals surface area contributed by atoms with Gasteiger partial charge in [-0.15, -0.1) is 0 Å². The fourth-order valence-electron chi connectivity index (χ4n) is 3.23. The van der Waals surface area contributed by atoms with Gasteiger partial charge in [-0.3, -0.25) is 4.79 Å². The van der Waals surface area contributed by atoms with Crippen LogP contribution in [0.5, 0.6) is 0 Å². The van der Waals surface area contributed by atoms with Gasteiger partial charge in [-0.25, -0.2) is 14.4 Å². The van der Waals surface area contributed by atoms with E-state index < -0.39 is 17.8 Å². The van der Waals surface area contributed by atoms with Crippen molar-refractivity contribution in [1.29, 1.82) is 0 Å². The number of nitrogens with two attached hydrogens (primary N) is 1. The Morgan fingerprint density at radius 2 is 1.97 bits per heavy atom. The van der Waals surface area contributed by atoms with Crippen molar-refractivity contribution in [3.63, 3.8) is 0 Å². The van der Waals surface area contributed by atoms with Crippen LogP contribution in [0.25, 0.3) is 22.2 Å². The van der Waals surface area contributed by atoms with Crippen molar-refractivity contribution in [2.75, 3.05) is 11.1 Å². The van der Waals surface area contributed by atoms with E-state index in [1.54, 1.807) is 12.1 Å². The van der Waals surface area contributed by atoms with E-state index >= 15 is 0 Å². The summed E-state index contributed by atoms with van der Waals surface area (Å²) in [5.41, 5.74) is 9.19. The molecule has 7 nitrogen and oxygen atoms in total. The number of hydrogen-bond acceptors (Lipinski definition) is 5. The molecule has 0 fully saturated rings. The van der Waals surface area contributed by atoms with Gasteiger partial charge in [-0.2, -0.15) is 0 Å². The van der Waals surface area contributed by atoms with E-state index in [1.807, 2.05) is 29.9 Å². The standard InChI is InChI=1S/C21H18FN5O2/c1-27-10-16(17-19(23)24-11-25-20(17)27)12-5-7-15(8-6-12)26-21(29)18(28)13-3-2-4-14(22)9-13/h2-11,18,28H,1H3,(H,26,29)(H2,23,24,25)/t18-/m0/s1. The number of nitrogens with one attached hydrogen (secondary N) is 1. The van der Waals surface area contributed by atoms with Crippen LogP contribution in [0.3, 0.4) is 0 Å². The van der Waals surface area contributed by atoms with E-state index in [-0.39, 0.29) is 5.56 Å². The Kier molecular flexibility index (Phi) is 4.69. The summed E-state index contributed by atoms with van der Waals surface area (Å²) in [6.07, 6.45) is 1.86. The van der Waals surface area contributed by atoms with E-state index in [9.17, 15) is 14.3 Å². The molecule has 0 aliphatic rings. The molecule has 2 heterocycles. The van der Waals surface area contributed by atoms with Crippen LogP contribution in [0.4, 0.5) is 15.9 Å². The predicted octanol–water partition coefficient (Wildman–Crippen LogP) is 3.03. The van der Waals surface area contributed by atoms with Crippen LogP contribution in [-0.2, 0) is 11.8 Å². The highest BCUT2D eigenvalue weighted by Gasteiger charge is 2.18. The van der Waals surface area contributed by atoms with Crippen molar-refractivity contribution in [3.8, 4) is 11.1 Å². The third-order valence-corrected chi connectivity index (χ3v) is 4.66. The molecular formula is C21H18FN5O2. The van der Waals surface area contributed by atoms with Gasteiger partial charge in [0.05, 0.1) is 5.39 Å². The lowest BCUT2D eigenvalue weighted by atomic mass is 10.1. The number of anilines is 2. The van der Waals surface area contributed by atoms with Crippen LogP contribution >= 0.6 is 0 Å². The quantitative estimate of drug-likeness (QED) is 0.496.